The first-order valence-electron chi connectivity index (χ1n) is 10.1. The van der Waals surface area contributed by atoms with Gasteiger partial charge in [-0.2, -0.15) is 0 Å². The number of hydroxylamine groups is 2. The van der Waals surface area contributed by atoms with Crippen LogP contribution in [-0.2, 0) is 9.57 Å². The number of carbonyl (C=O) groups is 1. The average Bonchev–Trinajstić information content (AvgIpc) is 2.47. The highest BCUT2D eigenvalue weighted by Crippen LogP contribution is 2.49. The third-order valence-electron chi connectivity index (χ3n) is 6.28. The number of hydrogen-bond donors (Lipinski definition) is 0. The maximum Gasteiger partial charge on any atom is 0.528 e. The molecule has 3 fully saturated rings. The Hall–Kier alpha value is -0.705. The lowest BCUT2D eigenvalue weighted by molar-refractivity contribution is -0.154. The summed E-state index contributed by atoms with van der Waals surface area (Å²) in [7, 11) is 0. The lowest BCUT2D eigenvalue weighted by Gasteiger charge is -2.43. The fourth-order valence-electron chi connectivity index (χ4n) is 5.19. The quantitative estimate of drug-likeness (QED) is 0.527. The van der Waals surface area contributed by atoms with Crippen LogP contribution in [0.2, 0.25) is 18.0 Å². The van der Waals surface area contributed by atoms with Crippen LogP contribution < -0.4 is 0 Å². The second kappa shape index (κ2) is 7.67. The van der Waals surface area contributed by atoms with Gasteiger partial charge in [-0.1, -0.05) is 56.5 Å². The number of rotatable bonds is 3. The molecule has 0 N–H and O–H groups in total. The van der Waals surface area contributed by atoms with Gasteiger partial charge in [-0.05, 0) is 39.5 Å². The van der Waals surface area contributed by atoms with Crippen LogP contribution in [0, 0.1) is 5.92 Å². The summed E-state index contributed by atoms with van der Waals surface area (Å²) in [6.45, 7) is 8.28. The Morgan fingerprint density at radius 3 is 2.04 bits per heavy atom. The van der Waals surface area contributed by atoms with E-state index in [-0.39, 0.29) is 0 Å². The molecule has 0 aliphatic carbocycles. The second-order valence-electron chi connectivity index (χ2n) is 9.21. The second-order valence-corrected chi connectivity index (χ2v) is 9.21. The van der Waals surface area contributed by atoms with E-state index < -0.39 is 11.8 Å². The van der Waals surface area contributed by atoms with Crippen molar-refractivity contribution in [2.75, 3.05) is 13.1 Å². The lowest BCUT2D eigenvalue weighted by Crippen LogP contribution is -2.40. The number of fused-ring (bicyclic) bond motifs is 2. The Kier molecular flexibility index (Phi) is 5.79. The van der Waals surface area contributed by atoms with Gasteiger partial charge < -0.3 is 9.57 Å². The van der Waals surface area contributed by atoms with Gasteiger partial charge in [0.2, 0.25) is 0 Å². The van der Waals surface area contributed by atoms with Crippen LogP contribution in [0.15, 0.2) is 0 Å². The van der Waals surface area contributed by atoms with Crippen molar-refractivity contribution in [1.82, 2.24) is 5.06 Å². The van der Waals surface area contributed by atoms with E-state index in [0.717, 1.165) is 50.2 Å². The van der Waals surface area contributed by atoms with E-state index in [1.807, 2.05) is 20.8 Å². The van der Waals surface area contributed by atoms with Gasteiger partial charge >= 0.3 is 6.16 Å². The van der Waals surface area contributed by atoms with Crippen molar-refractivity contribution in [2.45, 2.75) is 95.7 Å². The number of piperidine rings is 1. The molecule has 0 saturated carbocycles. The minimum atomic E-state index is -0.567. The monoisotopic (exact) mass is 335 g/mol. The van der Waals surface area contributed by atoms with Gasteiger partial charge in [0, 0.05) is 13.1 Å². The van der Waals surface area contributed by atoms with Crippen LogP contribution >= 0.6 is 0 Å². The number of carbonyl (C=O) groups excluding carboxylic acids is 1. The summed E-state index contributed by atoms with van der Waals surface area (Å²) in [6, 6.07) is 0. The van der Waals surface area contributed by atoms with Crippen LogP contribution in [0.1, 0.15) is 72.1 Å². The summed E-state index contributed by atoms with van der Waals surface area (Å²) in [5.74, 6) is 2.83. The van der Waals surface area contributed by atoms with Gasteiger partial charge in [0.05, 0.1) is 0 Å². The van der Waals surface area contributed by atoms with Crippen LogP contribution in [0.5, 0.6) is 0 Å². The molecule has 3 aliphatic rings. The SMILES string of the molecule is CC(C)(C)OC(=O)ON1CCC(CB2C3CCCC2CCC3)CC1. The Bertz CT molecular complexity index is 407. The Labute approximate surface area is 147 Å². The molecule has 3 aliphatic heterocycles. The first kappa shape index (κ1) is 18.1. The highest BCUT2D eigenvalue weighted by Gasteiger charge is 2.40. The molecular formula is C19H34BNO3. The number of nitrogens with zero attached hydrogens (tertiary/aromatic N) is 1. The van der Waals surface area contributed by atoms with Crippen LogP contribution in [-0.4, -0.2) is 36.6 Å². The highest BCUT2D eigenvalue weighted by atomic mass is 16.8. The summed E-state index contributed by atoms with van der Waals surface area (Å²) < 4.78 is 5.24. The van der Waals surface area contributed by atoms with Gasteiger partial charge in [-0.15, -0.1) is 5.06 Å². The molecule has 0 aromatic carbocycles. The van der Waals surface area contributed by atoms with Crippen molar-refractivity contribution in [3.63, 3.8) is 0 Å². The van der Waals surface area contributed by atoms with E-state index in [0.29, 0.717) is 0 Å². The summed E-state index contributed by atoms with van der Waals surface area (Å²) in [4.78, 5) is 17.1. The van der Waals surface area contributed by atoms with Crippen LogP contribution in [0.3, 0.4) is 0 Å². The molecule has 0 atom stereocenters. The highest BCUT2D eigenvalue weighted by molar-refractivity contribution is 6.62. The van der Waals surface area contributed by atoms with E-state index in [9.17, 15) is 4.79 Å². The van der Waals surface area contributed by atoms with E-state index in [1.165, 1.54) is 44.8 Å². The zero-order chi connectivity index (χ0) is 17.2. The minimum absolute atomic E-state index is 0.492. The normalized spacial score (nSPS) is 29.4. The third-order valence-corrected chi connectivity index (χ3v) is 6.28. The minimum Gasteiger partial charge on any atom is -0.427 e. The Balaban J connectivity index is 1.41. The van der Waals surface area contributed by atoms with Crippen molar-refractivity contribution in [3.05, 3.63) is 0 Å². The van der Waals surface area contributed by atoms with Crippen LogP contribution in [0.4, 0.5) is 4.79 Å². The maximum atomic E-state index is 11.8. The fourth-order valence-corrected chi connectivity index (χ4v) is 5.19. The standard InChI is InChI=1S/C19H34BNO3/c1-19(2,3)23-18(22)24-21-12-10-15(11-13-21)14-20-16-6-4-7-17(20)9-5-8-16/h15-17H,4-14H2,1-3H3. The lowest BCUT2D eigenvalue weighted by atomic mass is 9.25. The predicted octanol–water partition coefficient (Wildman–Crippen LogP) is 5.17. The van der Waals surface area contributed by atoms with Crippen molar-refractivity contribution in [2.24, 2.45) is 5.92 Å². The number of hydrogen-bond acceptors (Lipinski definition) is 4. The zero-order valence-electron chi connectivity index (χ0n) is 15.8. The summed E-state index contributed by atoms with van der Waals surface area (Å²) >= 11 is 0. The molecular weight excluding hydrogens is 301 g/mol. The molecule has 4 nitrogen and oxygen atoms in total. The molecule has 3 saturated heterocycles. The molecule has 0 unspecified atom stereocenters. The van der Waals surface area contributed by atoms with Crippen LogP contribution in [0.25, 0.3) is 0 Å². The van der Waals surface area contributed by atoms with Gasteiger partial charge in [0.15, 0.2) is 0 Å². The molecule has 24 heavy (non-hydrogen) atoms. The molecule has 0 radical (unpaired) electrons. The molecule has 3 heterocycles. The molecule has 0 aromatic rings. The molecule has 0 spiro atoms. The largest absolute Gasteiger partial charge is 0.528 e. The zero-order valence-corrected chi connectivity index (χ0v) is 15.8. The molecule has 0 amide bonds. The molecule has 136 valence electrons. The average molecular weight is 335 g/mol. The molecule has 0 aromatic heterocycles. The molecule has 2 bridgehead atoms. The van der Waals surface area contributed by atoms with Crippen molar-refractivity contribution >= 4 is 12.9 Å². The Morgan fingerprint density at radius 2 is 1.54 bits per heavy atom. The summed E-state index contributed by atoms with van der Waals surface area (Å²) in [6.07, 6.45) is 12.0. The molecule has 3 rings (SSSR count). The predicted molar refractivity (Wildman–Crippen MR) is 97.4 cm³/mol. The first-order valence-corrected chi connectivity index (χ1v) is 10.1. The van der Waals surface area contributed by atoms with E-state index in [2.05, 4.69) is 0 Å². The smallest absolute Gasteiger partial charge is 0.427 e. The van der Waals surface area contributed by atoms with E-state index in [4.69, 9.17) is 9.57 Å². The van der Waals surface area contributed by atoms with E-state index >= 15 is 0 Å². The Morgan fingerprint density at radius 1 is 1.00 bits per heavy atom. The number of ether oxygens (including phenoxy) is 1. The van der Waals surface area contributed by atoms with Gasteiger partial charge in [0.1, 0.15) is 12.3 Å². The van der Waals surface area contributed by atoms with Crippen molar-refractivity contribution in [3.8, 4) is 0 Å². The fraction of sp³-hybridized carbons (Fsp3) is 0.947. The van der Waals surface area contributed by atoms with Gasteiger partial charge in [0.25, 0.3) is 0 Å². The van der Waals surface area contributed by atoms with Crippen molar-refractivity contribution in [1.29, 1.82) is 0 Å². The third kappa shape index (κ3) is 4.90. The maximum absolute atomic E-state index is 11.8. The topological polar surface area (TPSA) is 38.8 Å². The molecule has 5 heteroatoms. The van der Waals surface area contributed by atoms with Gasteiger partial charge in [-0.3, -0.25) is 0 Å². The van der Waals surface area contributed by atoms with E-state index in [1.54, 1.807) is 5.06 Å². The summed E-state index contributed by atoms with van der Waals surface area (Å²) in [5.41, 5.74) is -0.492. The van der Waals surface area contributed by atoms with Gasteiger partial charge in [-0.25, -0.2) is 4.79 Å². The van der Waals surface area contributed by atoms with Crippen molar-refractivity contribution < 1.29 is 14.4 Å². The first-order chi connectivity index (χ1) is 11.4. The summed E-state index contributed by atoms with van der Waals surface area (Å²) in [5, 5.41) is 1.80.